The maximum atomic E-state index is 6.27. The van der Waals surface area contributed by atoms with Crippen LogP contribution < -0.4 is 62.0 Å². The summed E-state index contributed by atoms with van der Waals surface area (Å²) in [6, 6.07) is 16.6. The van der Waals surface area contributed by atoms with Crippen molar-refractivity contribution in [3.8, 4) is 34.3 Å². The number of pyridine rings is 2. The number of nitrogens with zero attached hydrogens (tertiary/aromatic N) is 2. The molecule has 4 heterocycles. The first kappa shape index (κ1) is 24.3. The van der Waals surface area contributed by atoms with E-state index in [2.05, 4.69) is 39.6 Å². The minimum absolute atomic E-state index is 0. The summed E-state index contributed by atoms with van der Waals surface area (Å²) in [6.45, 7) is 2.50. The van der Waals surface area contributed by atoms with E-state index in [9.17, 15) is 0 Å². The molecule has 2 aromatic carbocycles. The van der Waals surface area contributed by atoms with E-state index >= 15 is 0 Å². The molecule has 2 aromatic heterocycles. The van der Waals surface area contributed by atoms with Gasteiger partial charge in [-0.05, 0) is 35.2 Å². The summed E-state index contributed by atoms with van der Waals surface area (Å²) >= 11 is 0. The summed E-state index contributed by atoms with van der Waals surface area (Å²) in [5, 5.41) is 2.17. The fourth-order valence-electron chi connectivity index (χ4n) is 4.54. The molecule has 0 saturated heterocycles. The van der Waals surface area contributed by atoms with Gasteiger partial charge in [0.05, 0.1) is 18.1 Å². The van der Waals surface area contributed by atoms with Gasteiger partial charge in [-0.3, -0.25) is 0 Å². The number of fused-ring (bicyclic) bond motifs is 5. The number of aryl methyl sites for hydroxylation is 2. The Kier molecular flexibility index (Phi) is 7.28. The maximum absolute atomic E-state index is 6.27. The SMILES string of the molecule is COc1ccc2cc3[n+](cc2c1OCC[n+]1ccccc1)CCc1cc2c(cc1-3)OCO2.[Br-].[Br-]. The topological polar surface area (TPSA) is 44.7 Å². The monoisotopic (exact) mass is 586 g/mol. The molecule has 34 heavy (non-hydrogen) atoms. The average molecular weight is 588 g/mol. The highest BCUT2D eigenvalue weighted by Crippen LogP contribution is 2.41. The van der Waals surface area contributed by atoms with Crippen LogP contribution in [-0.2, 0) is 19.5 Å². The highest BCUT2D eigenvalue weighted by molar-refractivity contribution is 5.91. The van der Waals surface area contributed by atoms with Crippen molar-refractivity contribution < 1.29 is 62.0 Å². The predicted octanol–water partition coefficient (Wildman–Crippen LogP) is -2.54. The van der Waals surface area contributed by atoms with Crippen molar-refractivity contribution in [2.75, 3.05) is 20.5 Å². The van der Waals surface area contributed by atoms with Gasteiger partial charge in [-0.1, -0.05) is 6.07 Å². The van der Waals surface area contributed by atoms with Crippen LogP contribution in [0.3, 0.4) is 0 Å². The molecule has 0 saturated carbocycles. The molecular weight excluding hydrogens is 564 g/mol. The summed E-state index contributed by atoms with van der Waals surface area (Å²) in [5.41, 5.74) is 3.66. The second-order valence-corrected chi connectivity index (χ2v) is 8.03. The molecule has 6 rings (SSSR count). The number of benzene rings is 2. The minimum atomic E-state index is 0. The van der Waals surface area contributed by atoms with Gasteiger partial charge in [0.1, 0.15) is 6.61 Å². The number of halogens is 2. The van der Waals surface area contributed by atoms with Crippen LogP contribution in [-0.4, -0.2) is 20.5 Å². The van der Waals surface area contributed by atoms with Crippen molar-refractivity contribution in [3.63, 3.8) is 0 Å². The lowest BCUT2D eigenvalue weighted by molar-refractivity contribution is -0.697. The van der Waals surface area contributed by atoms with Crippen molar-refractivity contribution in [2.24, 2.45) is 0 Å². The van der Waals surface area contributed by atoms with E-state index in [0.29, 0.717) is 6.61 Å². The van der Waals surface area contributed by atoms with E-state index in [1.807, 2.05) is 36.7 Å². The molecule has 0 unspecified atom stereocenters. The van der Waals surface area contributed by atoms with Gasteiger partial charge in [0, 0.05) is 24.6 Å². The molecule has 0 spiro atoms. The van der Waals surface area contributed by atoms with E-state index in [4.69, 9.17) is 18.9 Å². The molecule has 2 aliphatic heterocycles. The van der Waals surface area contributed by atoms with Crippen molar-refractivity contribution in [2.45, 2.75) is 19.5 Å². The van der Waals surface area contributed by atoms with Crippen LogP contribution in [0.2, 0.25) is 0 Å². The second-order valence-electron chi connectivity index (χ2n) is 8.03. The van der Waals surface area contributed by atoms with Crippen molar-refractivity contribution >= 4 is 10.8 Å². The van der Waals surface area contributed by atoms with Gasteiger partial charge >= 0.3 is 0 Å². The van der Waals surface area contributed by atoms with Gasteiger partial charge in [-0.15, -0.1) is 0 Å². The lowest BCUT2D eigenvalue weighted by Gasteiger charge is -2.17. The van der Waals surface area contributed by atoms with Crippen LogP contribution in [0.4, 0.5) is 0 Å². The van der Waals surface area contributed by atoms with E-state index in [0.717, 1.165) is 53.3 Å². The summed E-state index contributed by atoms with van der Waals surface area (Å²) in [6.07, 6.45) is 7.21. The Morgan fingerprint density at radius 2 is 1.76 bits per heavy atom. The molecule has 0 radical (unpaired) electrons. The third-order valence-electron chi connectivity index (χ3n) is 6.17. The Morgan fingerprint density at radius 3 is 2.56 bits per heavy atom. The average Bonchev–Trinajstić information content (AvgIpc) is 3.30. The van der Waals surface area contributed by atoms with Gasteiger partial charge in [0.2, 0.25) is 12.5 Å². The lowest BCUT2D eigenvalue weighted by atomic mass is 9.95. The minimum Gasteiger partial charge on any atom is -1.00 e. The first-order chi connectivity index (χ1) is 15.8. The highest BCUT2D eigenvalue weighted by atomic mass is 79.9. The quantitative estimate of drug-likeness (QED) is 0.242. The third-order valence-corrected chi connectivity index (χ3v) is 6.17. The fourth-order valence-corrected chi connectivity index (χ4v) is 4.54. The van der Waals surface area contributed by atoms with Crippen molar-refractivity contribution in [1.29, 1.82) is 0 Å². The number of aromatic nitrogens is 2. The van der Waals surface area contributed by atoms with Gasteiger partial charge in [-0.25, -0.2) is 4.57 Å². The molecule has 8 heteroatoms. The van der Waals surface area contributed by atoms with E-state index in [1.165, 1.54) is 16.8 Å². The Bertz CT molecular complexity index is 1330. The van der Waals surface area contributed by atoms with Gasteiger partial charge in [0.25, 0.3) is 0 Å². The van der Waals surface area contributed by atoms with Gasteiger partial charge in [0.15, 0.2) is 54.7 Å². The number of ether oxygens (including phenoxy) is 4. The van der Waals surface area contributed by atoms with E-state index in [-0.39, 0.29) is 40.8 Å². The van der Waals surface area contributed by atoms with Crippen LogP contribution in [0, 0.1) is 0 Å². The molecule has 0 fully saturated rings. The maximum Gasteiger partial charge on any atom is 0.231 e. The van der Waals surface area contributed by atoms with Crippen molar-refractivity contribution in [1.82, 2.24) is 0 Å². The number of hydrogen-bond acceptors (Lipinski definition) is 4. The van der Waals surface area contributed by atoms with Crippen LogP contribution in [0.5, 0.6) is 23.0 Å². The molecule has 176 valence electrons. The molecule has 0 bridgehead atoms. The molecule has 0 amide bonds. The summed E-state index contributed by atoms with van der Waals surface area (Å²) < 4.78 is 27.5. The highest BCUT2D eigenvalue weighted by Gasteiger charge is 2.28. The van der Waals surface area contributed by atoms with E-state index < -0.39 is 0 Å². The predicted molar refractivity (Wildman–Crippen MR) is 118 cm³/mol. The van der Waals surface area contributed by atoms with Crippen LogP contribution >= 0.6 is 0 Å². The van der Waals surface area contributed by atoms with Crippen LogP contribution in [0.1, 0.15) is 5.56 Å². The zero-order chi connectivity index (χ0) is 21.5. The largest absolute Gasteiger partial charge is 1.00 e. The Morgan fingerprint density at radius 1 is 0.971 bits per heavy atom. The van der Waals surface area contributed by atoms with Crippen molar-refractivity contribution in [3.05, 3.63) is 72.7 Å². The molecule has 0 aliphatic carbocycles. The molecule has 0 atom stereocenters. The first-order valence-electron chi connectivity index (χ1n) is 10.8. The smallest absolute Gasteiger partial charge is 0.231 e. The van der Waals surface area contributed by atoms with Crippen LogP contribution in [0.25, 0.3) is 22.0 Å². The normalized spacial score (nSPS) is 12.7. The molecular formula is C26H24Br2N2O4. The fraction of sp³-hybridized carbons (Fsp3) is 0.231. The standard InChI is InChI=1S/C26H24N2O4.2BrH/c1-29-23-6-5-18-13-22-20-15-25-24(31-17-32-25)14-19(20)7-10-28(22)16-21(18)26(23)30-12-11-27-8-3-2-4-9-27;;/h2-6,8-9,13-16H,7,10-12,17H2,1H3;2*1H/q+2;;/p-2. The number of rotatable bonds is 5. The molecule has 6 nitrogen and oxygen atoms in total. The summed E-state index contributed by atoms with van der Waals surface area (Å²) in [5.74, 6) is 3.19. The first-order valence-corrected chi connectivity index (χ1v) is 10.8. The zero-order valence-electron chi connectivity index (χ0n) is 18.7. The Labute approximate surface area is 219 Å². The summed E-state index contributed by atoms with van der Waals surface area (Å²) in [7, 11) is 1.68. The molecule has 0 N–H and O–H groups in total. The number of methoxy groups -OCH3 is 1. The molecule has 2 aliphatic rings. The second kappa shape index (κ2) is 10.2. The zero-order valence-corrected chi connectivity index (χ0v) is 21.8. The molecule has 4 aromatic rings. The lowest BCUT2D eigenvalue weighted by Crippen LogP contribution is -3.00. The van der Waals surface area contributed by atoms with Gasteiger partial charge in [-0.2, -0.15) is 4.57 Å². The third kappa shape index (κ3) is 4.32. The number of hydrogen-bond donors (Lipinski definition) is 0. The van der Waals surface area contributed by atoms with Crippen LogP contribution in [0.15, 0.2) is 67.1 Å². The van der Waals surface area contributed by atoms with Gasteiger partial charge < -0.3 is 52.9 Å². The summed E-state index contributed by atoms with van der Waals surface area (Å²) in [4.78, 5) is 0. The van der Waals surface area contributed by atoms with E-state index in [1.54, 1.807) is 7.11 Å². The Balaban J connectivity index is 0.00000137. The Hall–Kier alpha value is -2.84.